The maximum atomic E-state index is 11.8. The molecule has 0 unspecified atom stereocenters. The lowest BCUT2D eigenvalue weighted by Crippen LogP contribution is -2.14. The van der Waals surface area contributed by atoms with Crippen LogP contribution in [0.1, 0.15) is 10.6 Å². The third-order valence-electron chi connectivity index (χ3n) is 1.01. The second-order valence-electron chi connectivity index (χ2n) is 1.95. The van der Waals surface area contributed by atoms with Crippen molar-refractivity contribution in [2.45, 2.75) is 12.4 Å². The van der Waals surface area contributed by atoms with E-state index in [1.807, 2.05) is 0 Å². The molecule has 0 aliphatic carbocycles. The van der Waals surface area contributed by atoms with E-state index >= 15 is 0 Å². The number of hydrogen-bond acceptors (Lipinski definition) is 3. The Labute approximate surface area is 71.3 Å². The summed E-state index contributed by atoms with van der Waals surface area (Å²) in [6.07, 6.45) is -10.2. The molecule has 0 saturated carbocycles. The molecule has 9 heteroatoms. The quantitative estimate of drug-likeness (QED) is 0.630. The smallest absolute Gasteiger partial charge is 0.165 e. The maximum absolute atomic E-state index is 11.8. The Kier molecular flexibility index (Phi) is 2.22. The summed E-state index contributed by atoms with van der Waals surface area (Å²) in [6, 6.07) is 0. The van der Waals surface area contributed by atoms with Crippen LogP contribution in [0.5, 0.6) is 0 Å². The summed E-state index contributed by atoms with van der Waals surface area (Å²) in [5.41, 5.74) is -1.98. The summed E-state index contributed by atoms with van der Waals surface area (Å²) in [6.45, 7) is 0. The first-order valence-electron chi connectivity index (χ1n) is 2.69. The minimum absolute atomic E-state index is 0.323. The van der Waals surface area contributed by atoms with Crippen LogP contribution in [0.2, 0.25) is 0 Å². The van der Waals surface area contributed by atoms with Crippen LogP contribution in [0, 0.1) is 0 Å². The predicted molar refractivity (Wildman–Crippen MR) is 29.9 cm³/mol. The summed E-state index contributed by atoms with van der Waals surface area (Å²) >= 11 is -0.323. The van der Waals surface area contributed by atoms with Crippen molar-refractivity contribution in [1.82, 2.24) is 9.59 Å². The van der Waals surface area contributed by atoms with Crippen LogP contribution in [0.15, 0.2) is 0 Å². The average Bonchev–Trinajstić information content (AvgIpc) is 2.27. The molecule has 0 aromatic carbocycles. The van der Waals surface area contributed by atoms with Crippen molar-refractivity contribution in [3.63, 3.8) is 0 Å². The van der Waals surface area contributed by atoms with Crippen LogP contribution >= 0.6 is 11.5 Å². The first-order chi connectivity index (χ1) is 5.73. The molecule has 2 nitrogen and oxygen atoms in total. The molecule has 0 aliphatic heterocycles. The molecule has 1 rings (SSSR count). The number of alkyl halides is 6. The Hall–Kier alpha value is -0.860. The van der Waals surface area contributed by atoms with E-state index in [0.29, 0.717) is 0 Å². The molecule has 0 N–H and O–H groups in total. The monoisotopic (exact) mass is 222 g/mol. The summed E-state index contributed by atoms with van der Waals surface area (Å²) in [5, 5.41) is 2.38. The number of halogens is 6. The van der Waals surface area contributed by atoms with Crippen LogP contribution < -0.4 is 0 Å². The Bertz CT molecular complexity index is 270. The third-order valence-corrected chi connectivity index (χ3v) is 1.78. The van der Waals surface area contributed by atoms with Gasteiger partial charge in [-0.3, -0.25) is 0 Å². The maximum Gasteiger partial charge on any atom is 0.436 e. The zero-order valence-corrected chi connectivity index (χ0v) is 6.39. The highest BCUT2D eigenvalue weighted by atomic mass is 32.1. The zero-order valence-electron chi connectivity index (χ0n) is 5.57. The molecular formula is C4F6N2S. The first-order valence-corrected chi connectivity index (χ1v) is 3.47. The second kappa shape index (κ2) is 2.82. The summed E-state index contributed by atoms with van der Waals surface area (Å²) in [7, 11) is 0. The number of nitrogens with zero attached hydrogens (tertiary/aromatic N) is 2. The van der Waals surface area contributed by atoms with Gasteiger partial charge in [0.05, 0.1) is 0 Å². The van der Waals surface area contributed by atoms with Gasteiger partial charge in [-0.2, -0.15) is 26.3 Å². The fourth-order valence-electron chi connectivity index (χ4n) is 0.562. The molecule has 0 saturated heterocycles. The van der Waals surface area contributed by atoms with Gasteiger partial charge in [0.1, 0.15) is 0 Å². The molecule has 0 aliphatic rings. The van der Waals surface area contributed by atoms with E-state index in [0.717, 1.165) is 0 Å². The van der Waals surface area contributed by atoms with Gasteiger partial charge in [0.15, 0.2) is 10.6 Å². The van der Waals surface area contributed by atoms with Gasteiger partial charge in [-0.25, -0.2) is 0 Å². The highest BCUT2D eigenvalue weighted by molar-refractivity contribution is 7.05. The van der Waals surface area contributed by atoms with Crippen LogP contribution in [0.25, 0.3) is 0 Å². The van der Waals surface area contributed by atoms with E-state index < -0.39 is 22.9 Å². The lowest BCUT2D eigenvalue weighted by Gasteiger charge is -2.06. The van der Waals surface area contributed by atoms with Gasteiger partial charge in [-0.1, -0.05) is 4.49 Å². The average molecular weight is 222 g/mol. The molecule has 0 bridgehead atoms. The number of hydrogen-bond donors (Lipinski definition) is 0. The van der Waals surface area contributed by atoms with Gasteiger partial charge in [-0.05, 0) is 11.5 Å². The summed E-state index contributed by atoms with van der Waals surface area (Å²) in [5.74, 6) is 0. The van der Waals surface area contributed by atoms with Crippen LogP contribution in [-0.4, -0.2) is 9.59 Å². The SMILES string of the molecule is FC(F)(F)c1nnsc1C(F)(F)F. The Morgan fingerprint density at radius 3 is 1.77 bits per heavy atom. The first kappa shape index (κ1) is 10.2. The summed E-state index contributed by atoms with van der Waals surface area (Å²) in [4.78, 5) is -1.82. The largest absolute Gasteiger partial charge is 0.436 e. The Morgan fingerprint density at radius 2 is 1.46 bits per heavy atom. The molecule has 0 atom stereocenters. The van der Waals surface area contributed by atoms with Crippen molar-refractivity contribution >= 4 is 11.5 Å². The second-order valence-corrected chi connectivity index (χ2v) is 2.70. The highest BCUT2D eigenvalue weighted by Gasteiger charge is 2.47. The molecule has 1 aromatic rings. The topological polar surface area (TPSA) is 25.8 Å². The number of rotatable bonds is 0. The normalized spacial score (nSPS) is 13.4. The van der Waals surface area contributed by atoms with Crippen LogP contribution in [0.3, 0.4) is 0 Å². The fraction of sp³-hybridized carbons (Fsp3) is 0.500. The predicted octanol–water partition coefficient (Wildman–Crippen LogP) is 2.58. The molecule has 13 heavy (non-hydrogen) atoms. The molecule has 1 heterocycles. The van der Waals surface area contributed by atoms with E-state index in [1.54, 1.807) is 0 Å². The molecule has 0 radical (unpaired) electrons. The van der Waals surface area contributed by atoms with Crippen molar-refractivity contribution < 1.29 is 26.3 Å². The molecule has 0 spiro atoms. The zero-order chi connectivity index (χ0) is 10.3. The van der Waals surface area contributed by atoms with Gasteiger partial charge < -0.3 is 0 Å². The van der Waals surface area contributed by atoms with E-state index in [4.69, 9.17) is 0 Å². The van der Waals surface area contributed by atoms with E-state index in [1.165, 1.54) is 0 Å². The van der Waals surface area contributed by atoms with Gasteiger partial charge >= 0.3 is 12.4 Å². The molecular weight excluding hydrogens is 222 g/mol. The lowest BCUT2D eigenvalue weighted by atomic mass is 10.3. The van der Waals surface area contributed by atoms with Crippen molar-refractivity contribution in [2.75, 3.05) is 0 Å². The fourth-order valence-corrected chi connectivity index (χ4v) is 1.11. The van der Waals surface area contributed by atoms with Crippen molar-refractivity contribution in [3.8, 4) is 0 Å². The standard InChI is InChI=1S/C4F6N2S/c5-3(6,7)1-2(4(8,9)10)13-12-11-1. The van der Waals surface area contributed by atoms with Crippen molar-refractivity contribution in [2.24, 2.45) is 0 Å². The van der Waals surface area contributed by atoms with Crippen molar-refractivity contribution in [1.29, 1.82) is 0 Å². The van der Waals surface area contributed by atoms with E-state index in [9.17, 15) is 26.3 Å². The van der Waals surface area contributed by atoms with Gasteiger partial charge in [0.25, 0.3) is 0 Å². The molecule has 0 amide bonds. The van der Waals surface area contributed by atoms with E-state index in [2.05, 4.69) is 9.59 Å². The van der Waals surface area contributed by atoms with Gasteiger partial charge in [-0.15, -0.1) is 5.10 Å². The highest BCUT2D eigenvalue weighted by Crippen LogP contribution is 2.40. The Balaban J connectivity index is 3.19. The van der Waals surface area contributed by atoms with Gasteiger partial charge in [0, 0.05) is 0 Å². The van der Waals surface area contributed by atoms with Crippen molar-refractivity contribution in [3.05, 3.63) is 10.6 Å². The summed E-state index contributed by atoms with van der Waals surface area (Å²) < 4.78 is 73.6. The van der Waals surface area contributed by atoms with E-state index in [-0.39, 0.29) is 11.5 Å². The lowest BCUT2D eigenvalue weighted by molar-refractivity contribution is -0.162. The molecule has 74 valence electrons. The Morgan fingerprint density at radius 1 is 0.923 bits per heavy atom. The van der Waals surface area contributed by atoms with Gasteiger partial charge in [0.2, 0.25) is 0 Å². The third kappa shape index (κ3) is 2.08. The minimum Gasteiger partial charge on any atom is -0.165 e. The minimum atomic E-state index is -5.11. The number of aromatic nitrogens is 2. The molecule has 1 aromatic heterocycles. The molecule has 0 fully saturated rings. The van der Waals surface area contributed by atoms with Crippen LogP contribution in [-0.2, 0) is 12.4 Å². The van der Waals surface area contributed by atoms with Crippen LogP contribution in [0.4, 0.5) is 26.3 Å².